The second-order valence-electron chi connectivity index (χ2n) is 8.15. The van der Waals surface area contributed by atoms with Crippen molar-refractivity contribution in [2.45, 2.75) is 109 Å². The molecule has 1 saturated heterocycles. The number of unbranched alkanes of at least 4 members (excludes halogenated alkanes) is 5. The highest BCUT2D eigenvalue weighted by atomic mass is 16.7. The number of rotatable bonds is 15. The predicted octanol–water partition coefficient (Wildman–Crippen LogP) is 4.53. The largest absolute Gasteiger partial charge is 0.393 e. The van der Waals surface area contributed by atoms with E-state index >= 15 is 0 Å². The number of hydrogen-bond donors (Lipinski definition) is 1. The summed E-state index contributed by atoms with van der Waals surface area (Å²) < 4.78 is 0. The molecule has 2 atom stereocenters. The monoisotopic (exact) mass is 384 g/mol. The van der Waals surface area contributed by atoms with E-state index in [2.05, 4.69) is 11.8 Å². The standard InChI is InChI=1S/C22H44N2O3/c1-4-5-8-14-21(25)17-16-20-13-10-12-19-24(20)18-11-7-6-9-15-22(26)23(2)27-3/h20-21,25H,4-19H2,1-3H3/t20-,21?/m1/s1. The van der Waals surface area contributed by atoms with Crippen LogP contribution in [0.1, 0.15) is 96.8 Å². The molecule has 0 aromatic heterocycles. The van der Waals surface area contributed by atoms with Gasteiger partial charge in [0.05, 0.1) is 13.2 Å². The molecule has 1 amide bonds. The van der Waals surface area contributed by atoms with E-state index in [4.69, 9.17) is 4.84 Å². The molecule has 1 unspecified atom stereocenters. The van der Waals surface area contributed by atoms with Crippen molar-refractivity contribution in [1.82, 2.24) is 9.96 Å². The number of hydroxylamine groups is 2. The van der Waals surface area contributed by atoms with Gasteiger partial charge in [0.2, 0.25) is 5.91 Å². The van der Waals surface area contributed by atoms with E-state index in [1.54, 1.807) is 7.05 Å². The first-order valence-electron chi connectivity index (χ1n) is 11.3. The van der Waals surface area contributed by atoms with Gasteiger partial charge >= 0.3 is 0 Å². The van der Waals surface area contributed by atoms with Crippen molar-refractivity contribution in [2.24, 2.45) is 0 Å². The van der Waals surface area contributed by atoms with Crippen LogP contribution in [0.25, 0.3) is 0 Å². The van der Waals surface area contributed by atoms with Gasteiger partial charge < -0.3 is 10.0 Å². The van der Waals surface area contributed by atoms with Crippen LogP contribution in [0.2, 0.25) is 0 Å². The predicted molar refractivity (Wildman–Crippen MR) is 111 cm³/mol. The summed E-state index contributed by atoms with van der Waals surface area (Å²) in [4.78, 5) is 19.2. The molecule has 0 aromatic rings. The van der Waals surface area contributed by atoms with Gasteiger partial charge in [0.1, 0.15) is 0 Å². The number of likely N-dealkylation sites (tertiary alicyclic amines) is 1. The SMILES string of the molecule is CCCCCC(O)CC[C@H]1CCCCN1CCCCCCC(=O)N(C)OC. The lowest BCUT2D eigenvalue weighted by atomic mass is 9.95. The van der Waals surface area contributed by atoms with Crippen molar-refractivity contribution in [3.63, 3.8) is 0 Å². The molecule has 5 nitrogen and oxygen atoms in total. The quantitative estimate of drug-likeness (QED) is 0.333. The van der Waals surface area contributed by atoms with Gasteiger partial charge in [-0.3, -0.25) is 9.63 Å². The summed E-state index contributed by atoms with van der Waals surface area (Å²) in [5.74, 6) is 0.0612. The van der Waals surface area contributed by atoms with Gasteiger partial charge in [-0.05, 0) is 58.0 Å². The highest BCUT2D eigenvalue weighted by molar-refractivity contribution is 5.74. The number of carbonyl (C=O) groups excluding carboxylic acids is 1. The number of hydrogen-bond acceptors (Lipinski definition) is 4. The highest BCUT2D eigenvalue weighted by Gasteiger charge is 2.22. The summed E-state index contributed by atoms with van der Waals surface area (Å²) in [6.07, 6.45) is 15.6. The normalized spacial score (nSPS) is 19.2. The molecule has 1 aliphatic heterocycles. The first-order chi connectivity index (χ1) is 13.1. The van der Waals surface area contributed by atoms with Crippen LogP contribution in [-0.4, -0.2) is 60.4 Å². The van der Waals surface area contributed by atoms with Crippen molar-refractivity contribution in [3.8, 4) is 0 Å². The molecule has 1 N–H and O–H groups in total. The van der Waals surface area contributed by atoms with E-state index in [1.807, 2.05) is 0 Å². The molecule has 0 spiro atoms. The summed E-state index contributed by atoms with van der Waals surface area (Å²) >= 11 is 0. The zero-order valence-electron chi connectivity index (χ0n) is 18.1. The van der Waals surface area contributed by atoms with Crippen molar-refractivity contribution in [1.29, 1.82) is 0 Å². The van der Waals surface area contributed by atoms with E-state index in [0.29, 0.717) is 12.5 Å². The zero-order valence-corrected chi connectivity index (χ0v) is 18.1. The Morgan fingerprint density at radius 3 is 2.67 bits per heavy atom. The number of aliphatic hydroxyl groups excluding tert-OH is 1. The molecule has 1 fully saturated rings. The molecule has 160 valence electrons. The second-order valence-corrected chi connectivity index (χ2v) is 8.15. The van der Waals surface area contributed by atoms with Crippen LogP contribution in [-0.2, 0) is 9.63 Å². The van der Waals surface area contributed by atoms with Crippen LogP contribution in [0.4, 0.5) is 0 Å². The van der Waals surface area contributed by atoms with E-state index in [9.17, 15) is 9.90 Å². The van der Waals surface area contributed by atoms with Crippen LogP contribution >= 0.6 is 0 Å². The van der Waals surface area contributed by atoms with Crippen molar-refractivity contribution < 1.29 is 14.7 Å². The van der Waals surface area contributed by atoms with Gasteiger partial charge in [0, 0.05) is 19.5 Å². The Kier molecular flexibility index (Phi) is 13.8. The van der Waals surface area contributed by atoms with Gasteiger partial charge in [-0.1, -0.05) is 45.4 Å². The molecule has 5 heteroatoms. The number of amides is 1. The fourth-order valence-corrected chi connectivity index (χ4v) is 4.04. The molecular formula is C22H44N2O3. The molecular weight excluding hydrogens is 340 g/mol. The number of aliphatic hydroxyl groups is 1. The van der Waals surface area contributed by atoms with Crippen LogP contribution in [0.3, 0.4) is 0 Å². The van der Waals surface area contributed by atoms with Gasteiger partial charge in [0.25, 0.3) is 0 Å². The topological polar surface area (TPSA) is 53.0 Å². The Balaban J connectivity index is 2.15. The van der Waals surface area contributed by atoms with E-state index in [0.717, 1.165) is 38.5 Å². The maximum atomic E-state index is 11.7. The maximum Gasteiger partial charge on any atom is 0.245 e. The minimum absolute atomic E-state index is 0.0612. The third-order valence-electron chi connectivity index (χ3n) is 5.93. The van der Waals surface area contributed by atoms with E-state index in [1.165, 1.54) is 70.2 Å². The summed E-state index contributed by atoms with van der Waals surface area (Å²) in [5.41, 5.74) is 0. The summed E-state index contributed by atoms with van der Waals surface area (Å²) in [7, 11) is 3.19. The van der Waals surface area contributed by atoms with Crippen LogP contribution < -0.4 is 0 Å². The lowest BCUT2D eigenvalue weighted by Gasteiger charge is -2.36. The van der Waals surface area contributed by atoms with Crippen LogP contribution in [0.5, 0.6) is 0 Å². The molecule has 0 radical (unpaired) electrons. The zero-order chi connectivity index (χ0) is 19.9. The fraction of sp³-hybridized carbons (Fsp3) is 0.955. The Morgan fingerprint density at radius 2 is 1.93 bits per heavy atom. The third kappa shape index (κ3) is 11.1. The van der Waals surface area contributed by atoms with Gasteiger partial charge in [-0.25, -0.2) is 5.06 Å². The molecule has 1 aliphatic rings. The lowest BCUT2D eigenvalue weighted by Crippen LogP contribution is -2.40. The minimum atomic E-state index is -0.108. The van der Waals surface area contributed by atoms with E-state index in [-0.39, 0.29) is 12.0 Å². The first kappa shape index (κ1) is 24.4. The third-order valence-corrected chi connectivity index (χ3v) is 5.93. The smallest absolute Gasteiger partial charge is 0.245 e. The molecule has 0 aromatic carbocycles. The molecule has 27 heavy (non-hydrogen) atoms. The Hall–Kier alpha value is -0.650. The Labute approximate surface area is 167 Å². The lowest BCUT2D eigenvalue weighted by molar-refractivity contribution is -0.168. The molecule has 0 saturated carbocycles. The summed E-state index contributed by atoms with van der Waals surface area (Å²) in [6, 6.07) is 0.663. The maximum absolute atomic E-state index is 11.7. The van der Waals surface area contributed by atoms with Gasteiger partial charge in [-0.15, -0.1) is 0 Å². The first-order valence-corrected chi connectivity index (χ1v) is 11.3. The van der Waals surface area contributed by atoms with Crippen molar-refractivity contribution >= 4 is 5.91 Å². The van der Waals surface area contributed by atoms with Gasteiger partial charge in [-0.2, -0.15) is 0 Å². The molecule has 0 aliphatic carbocycles. The summed E-state index contributed by atoms with van der Waals surface area (Å²) in [6.45, 7) is 4.60. The second kappa shape index (κ2) is 15.3. The van der Waals surface area contributed by atoms with E-state index < -0.39 is 0 Å². The van der Waals surface area contributed by atoms with Crippen molar-refractivity contribution in [2.75, 3.05) is 27.2 Å². The Morgan fingerprint density at radius 1 is 1.15 bits per heavy atom. The Bertz CT molecular complexity index is 379. The number of nitrogens with zero attached hydrogens (tertiary/aromatic N) is 2. The van der Waals surface area contributed by atoms with Crippen LogP contribution in [0, 0.1) is 0 Å². The fourth-order valence-electron chi connectivity index (χ4n) is 4.04. The average molecular weight is 385 g/mol. The highest BCUT2D eigenvalue weighted by Crippen LogP contribution is 2.23. The molecule has 1 rings (SSSR count). The van der Waals surface area contributed by atoms with Gasteiger partial charge in [0.15, 0.2) is 0 Å². The van der Waals surface area contributed by atoms with Crippen molar-refractivity contribution in [3.05, 3.63) is 0 Å². The molecule has 0 bridgehead atoms. The number of piperidine rings is 1. The minimum Gasteiger partial charge on any atom is -0.393 e. The molecule has 1 heterocycles. The summed E-state index contributed by atoms with van der Waals surface area (Å²) in [5, 5.41) is 11.5. The number of carbonyl (C=O) groups is 1. The average Bonchev–Trinajstić information content (AvgIpc) is 2.69. The van der Waals surface area contributed by atoms with Crippen LogP contribution in [0.15, 0.2) is 0 Å².